The number of carboxylic acid groups (broad SMARTS) is 1. The molecule has 0 radical (unpaired) electrons. The van der Waals surface area contributed by atoms with Gasteiger partial charge in [0.05, 0.1) is 11.8 Å². The summed E-state index contributed by atoms with van der Waals surface area (Å²) >= 11 is 0. The quantitative estimate of drug-likeness (QED) is 0.675. The smallest absolute Gasteiger partial charge is 0.338 e. The summed E-state index contributed by atoms with van der Waals surface area (Å²) in [7, 11) is 0. The number of nitrogens with zero attached hydrogens (tertiary/aromatic N) is 1. The molecule has 1 aromatic carbocycles. The Hall–Kier alpha value is -2.36. The fourth-order valence-electron chi connectivity index (χ4n) is 1.84. The lowest BCUT2D eigenvalue weighted by Crippen LogP contribution is -1.97. The molecular formula is C12H7NO3. The predicted octanol–water partition coefficient (Wildman–Crippen LogP) is 2.68. The first-order chi connectivity index (χ1) is 7.77. The Balaban J connectivity index is 2.57. The fraction of sp³-hybridized carbons (Fsp3) is 0. The number of rotatable bonds is 1. The topological polar surface area (TPSA) is 63.3 Å². The molecule has 4 nitrogen and oxygen atoms in total. The second-order valence-electron chi connectivity index (χ2n) is 3.46. The van der Waals surface area contributed by atoms with Gasteiger partial charge in [0, 0.05) is 17.0 Å². The summed E-state index contributed by atoms with van der Waals surface area (Å²) in [5.74, 6) is -0.996. The van der Waals surface area contributed by atoms with Gasteiger partial charge in [0.2, 0.25) is 0 Å². The molecule has 2 heterocycles. The van der Waals surface area contributed by atoms with Crippen LogP contribution in [0, 0.1) is 0 Å². The molecule has 0 aliphatic heterocycles. The Bertz CT molecular complexity index is 700. The zero-order valence-electron chi connectivity index (χ0n) is 8.18. The highest BCUT2D eigenvalue weighted by Crippen LogP contribution is 2.30. The monoisotopic (exact) mass is 213 g/mol. The van der Waals surface area contributed by atoms with E-state index in [-0.39, 0.29) is 5.56 Å². The molecule has 0 aliphatic carbocycles. The maximum atomic E-state index is 11.1. The van der Waals surface area contributed by atoms with Crippen LogP contribution < -0.4 is 0 Å². The van der Waals surface area contributed by atoms with Gasteiger partial charge >= 0.3 is 5.97 Å². The normalized spacial score (nSPS) is 11.0. The SMILES string of the molecule is O=C(O)c1cncc2oc3ccccc3c12. The lowest BCUT2D eigenvalue weighted by Gasteiger charge is -1.94. The van der Waals surface area contributed by atoms with E-state index in [0.29, 0.717) is 16.6 Å². The lowest BCUT2D eigenvalue weighted by atomic mass is 10.1. The lowest BCUT2D eigenvalue weighted by molar-refractivity contribution is 0.0698. The first kappa shape index (κ1) is 8.91. The summed E-state index contributed by atoms with van der Waals surface area (Å²) in [5.41, 5.74) is 1.34. The Morgan fingerprint density at radius 2 is 2.00 bits per heavy atom. The van der Waals surface area contributed by atoms with Crippen molar-refractivity contribution in [2.45, 2.75) is 0 Å². The van der Waals surface area contributed by atoms with E-state index in [4.69, 9.17) is 9.52 Å². The van der Waals surface area contributed by atoms with Gasteiger partial charge in [-0.1, -0.05) is 18.2 Å². The number of aromatic carboxylic acids is 1. The summed E-state index contributed by atoms with van der Waals surface area (Å²) in [6, 6.07) is 7.34. The van der Waals surface area contributed by atoms with E-state index in [2.05, 4.69) is 4.98 Å². The van der Waals surface area contributed by atoms with Gasteiger partial charge in [-0.15, -0.1) is 0 Å². The summed E-state index contributed by atoms with van der Waals surface area (Å²) in [5, 5.41) is 10.5. The molecule has 0 saturated heterocycles. The third kappa shape index (κ3) is 1.10. The number of fused-ring (bicyclic) bond motifs is 3. The Kier molecular flexibility index (Phi) is 1.71. The molecule has 3 rings (SSSR count). The minimum absolute atomic E-state index is 0.169. The van der Waals surface area contributed by atoms with Crippen molar-refractivity contribution in [2.24, 2.45) is 0 Å². The van der Waals surface area contributed by atoms with Crippen molar-refractivity contribution in [1.29, 1.82) is 0 Å². The molecule has 0 amide bonds. The zero-order chi connectivity index (χ0) is 11.1. The molecule has 4 heteroatoms. The molecule has 0 atom stereocenters. The number of aromatic nitrogens is 1. The molecule has 1 N–H and O–H groups in total. The third-order valence-electron chi connectivity index (χ3n) is 2.52. The number of carboxylic acids is 1. The molecule has 78 valence electrons. The fourth-order valence-corrected chi connectivity index (χ4v) is 1.84. The molecule has 0 bridgehead atoms. The van der Waals surface area contributed by atoms with Crippen molar-refractivity contribution in [3.05, 3.63) is 42.2 Å². The van der Waals surface area contributed by atoms with Crippen molar-refractivity contribution >= 4 is 27.9 Å². The van der Waals surface area contributed by atoms with Gasteiger partial charge in [0.1, 0.15) is 5.58 Å². The highest BCUT2D eigenvalue weighted by Gasteiger charge is 2.15. The van der Waals surface area contributed by atoms with E-state index in [1.807, 2.05) is 18.2 Å². The molecular weight excluding hydrogens is 206 g/mol. The number of furan rings is 1. The van der Waals surface area contributed by atoms with Gasteiger partial charge in [-0.25, -0.2) is 4.79 Å². The average Bonchev–Trinajstić information content (AvgIpc) is 2.66. The highest BCUT2D eigenvalue weighted by molar-refractivity contribution is 6.14. The number of hydrogen-bond acceptors (Lipinski definition) is 3. The van der Waals surface area contributed by atoms with E-state index in [1.165, 1.54) is 12.4 Å². The first-order valence-corrected chi connectivity index (χ1v) is 4.76. The Morgan fingerprint density at radius 1 is 1.19 bits per heavy atom. The van der Waals surface area contributed by atoms with Crippen LogP contribution in [0.15, 0.2) is 41.1 Å². The number of carbonyl (C=O) groups is 1. The van der Waals surface area contributed by atoms with Gasteiger partial charge in [0.25, 0.3) is 0 Å². The highest BCUT2D eigenvalue weighted by atomic mass is 16.4. The van der Waals surface area contributed by atoms with Gasteiger partial charge in [-0.05, 0) is 6.07 Å². The van der Waals surface area contributed by atoms with Crippen molar-refractivity contribution < 1.29 is 14.3 Å². The van der Waals surface area contributed by atoms with Crippen LogP contribution in [0.1, 0.15) is 10.4 Å². The van der Waals surface area contributed by atoms with E-state index < -0.39 is 5.97 Å². The van der Waals surface area contributed by atoms with E-state index in [1.54, 1.807) is 6.07 Å². The second kappa shape index (κ2) is 3.06. The number of benzene rings is 1. The van der Waals surface area contributed by atoms with E-state index in [0.717, 1.165) is 5.39 Å². The van der Waals surface area contributed by atoms with Gasteiger partial charge in [-0.3, -0.25) is 4.98 Å². The van der Waals surface area contributed by atoms with E-state index in [9.17, 15) is 4.79 Å². The summed E-state index contributed by atoms with van der Waals surface area (Å²) in [6.45, 7) is 0. The van der Waals surface area contributed by atoms with Gasteiger partial charge in [-0.2, -0.15) is 0 Å². The predicted molar refractivity (Wildman–Crippen MR) is 58.5 cm³/mol. The first-order valence-electron chi connectivity index (χ1n) is 4.76. The van der Waals surface area contributed by atoms with Crippen molar-refractivity contribution in [2.75, 3.05) is 0 Å². The van der Waals surface area contributed by atoms with Gasteiger partial charge < -0.3 is 9.52 Å². The molecule has 0 unspecified atom stereocenters. The molecule has 16 heavy (non-hydrogen) atoms. The third-order valence-corrected chi connectivity index (χ3v) is 2.52. The van der Waals surface area contributed by atoms with Crippen LogP contribution in [0.2, 0.25) is 0 Å². The van der Waals surface area contributed by atoms with Gasteiger partial charge in [0.15, 0.2) is 5.58 Å². The minimum atomic E-state index is -0.996. The summed E-state index contributed by atoms with van der Waals surface area (Å²) in [4.78, 5) is 14.9. The standard InChI is InChI=1S/C12H7NO3/c14-12(15)8-5-13-6-10-11(8)7-3-1-2-4-9(7)16-10/h1-6H,(H,14,15). The van der Waals surface area contributed by atoms with Crippen molar-refractivity contribution in [3.63, 3.8) is 0 Å². The minimum Gasteiger partial charge on any atom is -0.478 e. The molecule has 0 fully saturated rings. The maximum absolute atomic E-state index is 11.1. The van der Waals surface area contributed by atoms with Crippen LogP contribution in [0.3, 0.4) is 0 Å². The summed E-state index contributed by atoms with van der Waals surface area (Å²) in [6.07, 6.45) is 2.87. The molecule has 0 saturated carbocycles. The van der Waals surface area contributed by atoms with Crippen LogP contribution in [0.25, 0.3) is 21.9 Å². The summed E-state index contributed by atoms with van der Waals surface area (Å²) < 4.78 is 5.52. The van der Waals surface area contributed by atoms with Crippen LogP contribution in [0.4, 0.5) is 0 Å². The molecule has 0 spiro atoms. The second-order valence-corrected chi connectivity index (χ2v) is 3.46. The number of pyridine rings is 1. The number of para-hydroxylation sites is 1. The van der Waals surface area contributed by atoms with Crippen LogP contribution in [-0.4, -0.2) is 16.1 Å². The molecule has 3 aromatic rings. The maximum Gasteiger partial charge on any atom is 0.338 e. The Morgan fingerprint density at radius 3 is 2.81 bits per heavy atom. The zero-order valence-corrected chi connectivity index (χ0v) is 8.18. The largest absolute Gasteiger partial charge is 0.478 e. The van der Waals surface area contributed by atoms with E-state index >= 15 is 0 Å². The van der Waals surface area contributed by atoms with Crippen molar-refractivity contribution in [3.8, 4) is 0 Å². The number of hydrogen-bond donors (Lipinski definition) is 1. The van der Waals surface area contributed by atoms with Crippen LogP contribution in [-0.2, 0) is 0 Å². The van der Waals surface area contributed by atoms with Crippen LogP contribution >= 0.6 is 0 Å². The van der Waals surface area contributed by atoms with Crippen molar-refractivity contribution in [1.82, 2.24) is 4.98 Å². The molecule has 0 aliphatic rings. The van der Waals surface area contributed by atoms with Crippen LogP contribution in [0.5, 0.6) is 0 Å². The molecule has 2 aromatic heterocycles. The average molecular weight is 213 g/mol. The Labute approximate surface area is 90.1 Å².